The van der Waals surface area contributed by atoms with E-state index < -0.39 is 0 Å². The van der Waals surface area contributed by atoms with Gasteiger partial charge in [-0.25, -0.2) is 4.94 Å². The van der Waals surface area contributed by atoms with Crippen molar-refractivity contribution in [1.29, 1.82) is 0 Å². The van der Waals surface area contributed by atoms with Crippen LogP contribution >= 0.6 is 0 Å². The van der Waals surface area contributed by atoms with E-state index in [9.17, 15) is 10.4 Å². The molecular weight excluding hydrogens is 162 g/mol. The van der Waals surface area contributed by atoms with Crippen molar-refractivity contribution in [3.05, 3.63) is 40.7 Å². The normalized spacial score (nSPS) is 10.3. The summed E-state index contributed by atoms with van der Waals surface area (Å²) >= 11 is 0. The molecule has 0 aromatic heterocycles. The Bertz CT molecular complexity index is 231. The third-order valence-corrected chi connectivity index (χ3v) is 1.22. The van der Waals surface area contributed by atoms with Gasteiger partial charge >= 0.3 is 0 Å². The summed E-state index contributed by atoms with van der Waals surface area (Å²) < 4.78 is 0. The highest BCUT2D eigenvalue weighted by molar-refractivity contribution is 5.45. The number of hydrogen-bond donors (Lipinski definition) is 1. The number of benzene rings is 1. The Morgan fingerprint density at radius 1 is 1.17 bits per heavy atom. The van der Waals surface area contributed by atoms with Crippen LogP contribution in [0.15, 0.2) is 30.3 Å². The Hall–Kier alpha value is -1.18. The van der Waals surface area contributed by atoms with Gasteiger partial charge in [-0.1, -0.05) is 18.2 Å². The minimum Gasteiger partial charge on any atom is -0.742 e. The summed E-state index contributed by atoms with van der Waals surface area (Å²) in [5.41, 5.74) is 0.151. The van der Waals surface area contributed by atoms with Crippen molar-refractivity contribution in [3.8, 4) is 0 Å². The van der Waals surface area contributed by atoms with Gasteiger partial charge < -0.3 is 15.6 Å². The molecule has 1 aromatic rings. The maximum absolute atomic E-state index is 10.9. The van der Waals surface area contributed by atoms with Crippen LogP contribution in [0.5, 0.6) is 0 Å². The molecular formula is C6H7N3O3-2. The third-order valence-electron chi connectivity index (χ3n) is 1.22. The number of nitrogens with two attached hydrogens (primary N) is 1. The van der Waals surface area contributed by atoms with Gasteiger partial charge in [-0.2, -0.15) is 11.2 Å². The van der Waals surface area contributed by atoms with E-state index >= 15 is 0 Å². The molecule has 2 N–H and O–H groups in total. The van der Waals surface area contributed by atoms with E-state index in [1.54, 1.807) is 18.2 Å². The molecule has 1 rings (SSSR count). The SMILES string of the molecule is NON([O-])N([O-])c1ccccc1. The van der Waals surface area contributed by atoms with Gasteiger partial charge in [0.15, 0.2) is 0 Å². The highest BCUT2D eigenvalue weighted by atomic mass is 17.0. The lowest BCUT2D eigenvalue weighted by atomic mass is 10.3. The van der Waals surface area contributed by atoms with Crippen LogP contribution in [0.1, 0.15) is 0 Å². The zero-order valence-electron chi connectivity index (χ0n) is 6.08. The van der Waals surface area contributed by atoms with Gasteiger partial charge in [0, 0.05) is 5.69 Å². The first-order valence-electron chi connectivity index (χ1n) is 3.12. The van der Waals surface area contributed by atoms with Crippen molar-refractivity contribution in [3.63, 3.8) is 0 Å². The Morgan fingerprint density at radius 2 is 1.75 bits per heavy atom. The molecule has 0 unspecified atom stereocenters. The molecule has 0 saturated carbocycles. The van der Waals surface area contributed by atoms with Gasteiger partial charge in [-0.15, -0.1) is 0 Å². The van der Waals surface area contributed by atoms with Crippen molar-refractivity contribution in [2.24, 2.45) is 5.90 Å². The molecule has 0 aliphatic rings. The minimum atomic E-state index is -0.366. The molecule has 1 aromatic carbocycles. The maximum atomic E-state index is 10.9. The van der Waals surface area contributed by atoms with Crippen molar-refractivity contribution < 1.29 is 4.94 Å². The molecule has 0 aliphatic carbocycles. The molecule has 66 valence electrons. The van der Waals surface area contributed by atoms with E-state index in [0.29, 0.717) is 0 Å². The lowest BCUT2D eigenvalue weighted by Crippen LogP contribution is -2.35. The summed E-state index contributed by atoms with van der Waals surface area (Å²) in [6, 6.07) is 7.86. The predicted octanol–water partition coefficient (Wildman–Crippen LogP) is 0.511. The van der Waals surface area contributed by atoms with Gasteiger partial charge in [0.1, 0.15) is 0 Å². The lowest BCUT2D eigenvalue weighted by molar-refractivity contribution is -0.126. The van der Waals surface area contributed by atoms with E-state index in [4.69, 9.17) is 0 Å². The van der Waals surface area contributed by atoms with Gasteiger partial charge in [0.05, 0.1) is 0 Å². The predicted molar refractivity (Wildman–Crippen MR) is 42.8 cm³/mol. The molecule has 6 heteroatoms. The van der Waals surface area contributed by atoms with Crippen LogP contribution in [0.25, 0.3) is 0 Å². The summed E-state index contributed by atoms with van der Waals surface area (Å²) in [6.45, 7) is 0. The van der Waals surface area contributed by atoms with Gasteiger partial charge in [-0.3, -0.25) is 0 Å². The first-order chi connectivity index (χ1) is 5.75. The Balaban J connectivity index is 2.71. The summed E-state index contributed by atoms with van der Waals surface area (Å²) in [6.07, 6.45) is 0. The van der Waals surface area contributed by atoms with E-state index in [-0.39, 0.29) is 16.2 Å². The molecule has 12 heavy (non-hydrogen) atoms. The van der Waals surface area contributed by atoms with E-state index in [1.807, 2.05) is 0 Å². The molecule has 0 atom stereocenters. The topological polar surface area (TPSA) is 87.8 Å². The molecule has 0 radical (unpaired) electrons. The molecule has 0 amide bonds. The number of hydrogen-bond acceptors (Lipinski definition) is 6. The largest absolute Gasteiger partial charge is 0.742 e. The second-order valence-corrected chi connectivity index (χ2v) is 1.95. The summed E-state index contributed by atoms with van der Waals surface area (Å²) in [5, 5.41) is 21.0. The number of para-hydroxylation sites is 1. The highest BCUT2D eigenvalue weighted by Gasteiger charge is 1.94. The number of nitrogens with zero attached hydrogens (tertiary/aromatic N) is 2. The van der Waals surface area contributed by atoms with E-state index in [2.05, 4.69) is 10.8 Å². The average molecular weight is 169 g/mol. The van der Waals surface area contributed by atoms with Gasteiger partial charge in [0.2, 0.25) is 0 Å². The third kappa shape index (κ3) is 1.91. The maximum Gasteiger partial charge on any atom is 0.0417 e. The first-order valence-corrected chi connectivity index (χ1v) is 3.12. The van der Waals surface area contributed by atoms with Crippen LogP contribution in [-0.4, -0.2) is 5.34 Å². The summed E-state index contributed by atoms with van der Waals surface area (Å²) in [7, 11) is 0. The standard InChI is InChI=1S/C6H7N3O3/c7-12-9(11)8(10)6-4-2-1-3-5-6/h1-5H,7H2/q-2. The Kier molecular flexibility index (Phi) is 2.97. The number of anilines is 1. The van der Waals surface area contributed by atoms with Crippen molar-refractivity contribution in [2.75, 3.05) is 5.17 Å². The van der Waals surface area contributed by atoms with E-state index in [1.165, 1.54) is 12.1 Å². The molecule has 0 saturated heterocycles. The van der Waals surface area contributed by atoms with Gasteiger partial charge in [0.25, 0.3) is 0 Å². The first kappa shape index (κ1) is 8.91. The summed E-state index contributed by atoms with van der Waals surface area (Å²) in [4.78, 5) is 3.66. The fourth-order valence-electron chi connectivity index (χ4n) is 0.693. The number of hydrazine groups is 1. The molecule has 0 spiro atoms. The molecule has 0 bridgehead atoms. The summed E-state index contributed by atoms with van der Waals surface area (Å²) in [5.74, 6) is 4.48. The number of rotatable bonds is 3. The average Bonchev–Trinajstić information content (AvgIpc) is 2.17. The lowest BCUT2D eigenvalue weighted by Gasteiger charge is -2.42. The fourth-order valence-corrected chi connectivity index (χ4v) is 0.693. The molecule has 6 nitrogen and oxygen atoms in total. The van der Waals surface area contributed by atoms with E-state index in [0.717, 1.165) is 0 Å². The van der Waals surface area contributed by atoms with Crippen LogP contribution < -0.4 is 11.1 Å². The molecule has 0 aliphatic heterocycles. The van der Waals surface area contributed by atoms with Crippen LogP contribution in [-0.2, 0) is 4.94 Å². The highest BCUT2D eigenvalue weighted by Crippen LogP contribution is 2.12. The zero-order chi connectivity index (χ0) is 8.97. The second kappa shape index (κ2) is 4.00. The fraction of sp³-hybridized carbons (Fsp3) is 0. The van der Waals surface area contributed by atoms with Crippen LogP contribution in [0, 0.1) is 10.4 Å². The Labute approximate surface area is 68.8 Å². The smallest absolute Gasteiger partial charge is 0.0417 e. The van der Waals surface area contributed by atoms with Crippen molar-refractivity contribution in [1.82, 2.24) is 5.34 Å². The van der Waals surface area contributed by atoms with Crippen LogP contribution in [0.2, 0.25) is 0 Å². The molecule has 0 fully saturated rings. The van der Waals surface area contributed by atoms with Gasteiger partial charge in [-0.05, 0) is 12.1 Å². The van der Waals surface area contributed by atoms with Crippen LogP contribution in [0.4, 0.5) is 5.69 Å². The zero-order valence-corrected chi connectivity index (χ0v) is 6.08. The van der Waals surface area contributed by atoms with Crippen molar-refractivity contribution >= 4 is 5.69 Å². The second-order valence-electron chi connectivity index (χ2n) is 1.95. The minimum absolute atomic E-state index is 0.0139. The molecule has 0 heterocycles. The van der Waals surface area contributed by atoms with Crippen LogP contribution in [0.3, 0.4) is 0 Å². The Morgan fingerprint density at radius 3 is 2.25 bits per heavy atom. The monoisotopic (exact) mass is 169 g/mol. The quantitative estimate of drug-likeness (QED) is 0.663. The van der Waals surface area contributed by atoms with Crippen molar-refractivity contribution in [2.45, 2.75) is 0 Å².